The van der Waals surface area contributed by atoms with Gasteiger partial charge in [0, 0.05) is 12.8 Å². The monoisotopic (exact) mass is 602 g/mol. The number of rotatable bonds is 5. The quantitative estimate of drug-likeness (QED) is 0.461. The fourth-order valence-electron chi connectivity index (χ4n) is 6.38. The van der Waals surface area contributed by atoms with Crippen molar-refractivity contribution in [2.24, 2.45) is 0 Å². The molecule has 0 bridgehead atoms. The van der Waals surface area contributed by atoms with E-state index in [0.29, 0.717) is 11.1 Å². The van der Waals surface area contributed by atoms with Gasteiger partial charge in [0.25, 0.3) is 0 Å². The number of carbonyl (C=O) groups is 6. The Bertz CT molecular complexity index is 1710. The summed E-state index contributed by atoms with van der Waals surface area (Å²) in [7, 11) is 4.81. The normalized spacial score (nSPS) is 20.8. The molecule has 0 saturated carbocycles. The van der Waals surface area contributed by atoms with E-state index in [2.05, 4.69) is 0 Å². The van der Waals surface area contributed by atoms with E-state index in [-0.39, 0.29) is 57.7 Å². The maximum absolute atomic E-state index is 14.4. The fraction of sp³-hybridized carbons (Fsp3) is 0.312. The first-order valence-corrected chi connectivity index (χ1v) is 13.6. The van der Waals surface area contributed by atoms with Crippen LogP contribution in [0.4, 0.5) is 0 Å². The van der Waals surface area contributed by atoms with Crippen molar-refractivity contribution in [1.29, 1.82) is 0 Å². The molecule has 0 saturated heterocycles. The highest BCUT2D eigenvalue weighted by molar-refractivity contribution is 6.39. The van der Waals surface area contributed by atoms with Crippen LogP contribution in [0.25, 0.3) is 0 Å². The minimum absolute atomic E-state index is 0.0234. The summed E-state index contributed by atoms with van der Waals surface area (Å²) in [6.07, 6.45) is -0.443. The second-order valence-corrected chi connectivity index (χ2v) is 10.7. The molecule has 2 aromatic rings. The Hall–Kier alpha value is -5.26. The standard InChI is InChI=1S/C32H26O12/c1-11-7-13-9-15(39-3)19-21(17(13)31(37)43-11)27(35)29(41-5)23(25(19)33)24-26(34)20-16(40-4)10-14-8-12(2)44-32(38)18(14)22(20)28(36)30(24)42-6/h9-12H,7-8H2,1-6H3. The summed E-state index contributed by atoms with van der Waals surface area (Å²) in [6.45, 7) is 3.37. The van der Waals surface area contributed by atoms with Gasteiger partial charge in [0.1, 0.15) is 23.7 Å². The molecule has 0 N–H and O–H groups in total. The van der Waals surface area contributed by atoms with Crippen LogP contribution in [0.1, 0.15) is 87.1 Å². The lowest BCUT2D eigenvalue weighted by atomic mass is 9.74. The van der Waals surface area contributed by atoms with Gasteiger partial charge in [-0.05, 0) is 37.1 Å². The molecule has 2 aliphatic carbocycles. The number of fused-ring (bicyclic) bond motifs is 6. The number of benzene rings is 2. The van der Waals surface area contributed by atoms with E-state index >= 15 is 0 Å². The number of esters is 2. The zero-order valence-electron chi connectivity index (χ0n) is 24.6. The summed E-state index contributed by atoms with van der Waals surface area (Å²) >= 11 is 0. The van der Waals surface area contributed by atoms with Crippen LogP contribution in [0.15, 0.2) is 34.8 Å². The second-order valence-electron chi connectivity index (χ2n) is 10.7. The predicted octanol–water partition coefficient (Wildman–Crippen LogP) is 3.17. The summed E-state index contributed by atoms with van der Waals surface area (Å²) in [5.41, 5.74) is -1.67. The van der Waals surface area contributed by atoms with Crippen LogP contribution in [0.2, 0.25) is 0 Å². The first-order valence-electron chi connectivity index (χ1n) is 13.6. The Morgan fingerprint density at radius 1 is 0.523 bits per heavy atom. The van der Waals surface area contributed by atoms with Crippen molar-refractivity contribution in [2.45, 2.75) is 38.9 Å². The van der Waals surface area contributed by atoms with E-state index in [0.717, 1.165) is 14.2 Å². The number of allylic oxidation sites excluding steroid dienone is 4. The minimum Gasteiger partial charge on any atom is -0.496 e. The number of hydrogen-bond donors (Lipinski definition) is 0. The summed E-state index contributed by atoms with van der Waals surface area (Å²) in [6, 6.07) is 2.95. The van der Waals surface area contributed by atoms with Gasteiger partial charge in [-0.15, -0.1) is 0 Å². The molecule has 0 radical (unpaired) electrons. The van der Waals surface area contributed by atoms with E-state index in [1.165, 1.54) is 26.4 Å². The van der Waals surface area contributed by atoms with E-state index < -0.39 is 69.9 Å². The Morgan fingerprint density at radius 3 is 1.20 bits per heavy atom. The smallest absolute Gasteiger partial charge is 0.339 e. The second kappa shape index (κ2) is 10.2. The van der Waals surface area contributed by atoms with Crippen LogP contribution in [0.3, 0.4) is 0 Å². The van der Waals surface area contributed by atoms with Gasteiger partial charge < -0.3 is 28.4 Å². The molecular formula is C32H26O12. The lowest BCUT2D eigenvalue weighted by Gasteiger charge is -2.31. The van der Waals surface area contributed by atoms with Crippen molar-refractivity contribution < 1.29 is 57.2 Å². The highest BCUT2D eigenvalue weighted by Crippen LogP contribution is 2.46. The molecule has 0 aromatic heterocycles. The zero-order chi connectivity index (χ0) is 31.8. The van der Waals surface area contributed by atoms with Gasteiger partial charge in [-0.2, -0.15) is 0 Å². The number of carbonyl (C=O) groups excluding carboxylic acids is 6. The molecule has 6 rings (SSSR count). The summed E-state index contributed by atoms with van der Waals surface area (Å²) < 4.78 is 32.5. The first-order chi connectivity index (χ1) is 21.0. The average molecular weight is 603 g/mol. The van der Waals surface area contributed by atoms with Gasteiger partial charge in [-0.1, -0.05) is 0 Å². The number of ether oxygens (including phenoxy) is 6. The van der Waals surface area contributed by atoms with E-state index in [1.807, 2.05) is 0 Å². The SMILES string of the molecule is COC1=C(C2=C(OC)C(=O)c3c4c(cc(OC)c3C2=O)CC(C)OC4=O)C(=O)c2c(OC)cc3c(c2C1=O)C(=O)OC(C)C3. The van der Waals surface area contributed by atoms with E-state index in [9.17, 15) is 28.8 Å². The van der Waals surface area contributed by atoms with Crippen LogP contribution in [-0.2, 0) is 31.8 Å². The fourth-order valence-corrected chi connectivity index (χ4v) is 6.38. The largest absolute Gasteiger partial charge is 0.496 e. The first kappa shape index (κ1) is 28.8. The summed E-state index contributed by atoms with van der Waals surface area (Å²) in [4.78, 5) is 82.9. The highest BCUT2D eigenvalue weighted by atomic mass is 16.5. The Morgan fingerprint density at radius 2 is 0.886 bits per heavy atom. The number of methoxy groups -OCH3 is 4. The molecule has 12 nitrogen and oxygen atoms in total. The molecule has 2 heterocycles. The van der Waals surface area contributed by atoms with Gasteiger partial charge in [-0.25, -0.2) is 9.59 Å². The lowest BCUT2D eigenvalue weighted by molar-refractivity contribution is 0.0288. The van der Waals surface area contributed by atoms with Gasteiger partial charge in [0.2, 0.25) is 23.1 Å². The van der Waals surface area contributed by atoms with Gasteiger partial charge in [0.15, 0.2) is 11.5 Å². The van der Waals surface area contributed by atoms with Crippen LogP contribution in [0.5, 0.6) is 11.5 Å². The molecule has 0 fully saturated rings. The highest BCUT2D eigenvalue weighted by Gasteiger charge is 2.49. The third kappa shape index (κ3) is 3.83. The number of ketones is 4. The number of hydrogen-bond acceptors (Lipinski definition) is 12. The molecule has 2 unspecified atom stereocenters. The lowest BCUT2D eigenvalue weighted by Crippen LogP contribution is -2.36. The number of Topliss-reactive ketones (excluding diaryl/α,β-unsaturated/α-hetero) is 4. The molecule has 2 aliphatic heterocycles. The third-order valence-corrected chi connectivity index (χ3v) is 8.11. The maximum atomic E-state index is 14.4. The minimum atomic E-state index is -0.929. The third-order valence-electron chi connectivity index (χ3n) is 8.11. The number of cyclic esters (lactones) is 2. The molecule has 44 heavy (non-hydrogen) atoms. The molecule has 0 spiro atoms. The predicted molar refractivity (Wildman–Crippen MR) is 149 cm³/mol. The van der Waals surface area contributed by atoms with Crippen molar-refractivity contribution in [2.75, 3.05) is 28.4 Å². The maximum Gasteiger partial charge on any atom is 0.339 e. The molecule has 2 atom stereocenters. The van der Waals surface area contributed by atoms with Crippen molar-refractivity contribution in [3.63, 3.8) is 0 Å². The van der Waals surface area contributed by atoms with Crippen molar-refractivity contribution in [1.82, 2.24) is 0 Å². The van der Waals surface area contributed by atoms with Crippen LogP contribution >= 0.6 is 0 Å². The van der Waals surface area contributed by atoms with Gasteiger partial charge >= 0.3 is 11.9 Å². The van der Waals surface area contributed by atoms with E-state index in [4.69, 9.17) is 28.4 Å². The van der Waals surface area contributed by atoms with Crippen molar-refractivity contribution >= 4 is 35.1 Å². The van der Waals surface area contributed by atoms with Crippen LogP contribution in [-0.4, -0.2) is 75.7 Å². The summed E-state index contributed by atoms with van der Waals surface area (Å²) in [5.74, 6) is -6.50. The molecule has 0 amide bonds. The Balaban J connectivity index is 1.64. The summed E-state index contributed by atoms with van der Waals surface area (Å²) in [5, 5.41) is 0. The molecular weight excluding hydrogens is 576 g/mol. The van der Waals surface area contributed by atoms with E-state index in [1.54, 1.807) is 13.8 Å². The van der Waals surface area contributed by atoms with Crippen molar-refractivity contribution in [3.05, 3.63) is 79.3 Å². The van der Waals surface area contributed by atoms with Crippen molar-refractivity contribution in [3.8, 4) is 11.5 Å². The van der Waals surface area contributed by atoms with Crippen LogP contribution in [0, 0.1) is 0 Å². The molecule has 2 aromatic carbocycles. The Kier molecular flexibility index (Phi) is 6.67. The van der Waals surface area contributed by atoms with Gasteiger partial charge in [-0.3, -0.25) is 19.2 Å². The topological polar surface area (TPSA) is 158 Å². The average Bonchev–Trinajstić information content (AvgIpc) is 2.98. The molecule has 12 heteroatoms. The Labute approximate surface area is 250 Å². The van der Waals surface area contributed by atoms with Crippen LogP contribution < -0.4 is 9.47 Å². The molecule has 4 aliphatic rings. The zero-order valence-corrected chi connectivity index (χ0v) is 24.6. The molecule has 226 valence electrons. The van der Waals surface area contributed by atoms with Gasteiger partial charge in [0.05, 0.1) is 73.0 Å².